The third-order valence-corrected chi connectivity index (χ3v) is 3.75. The van der Waals surface area contributed by atoms with E-state index in [0.717, 1.165) is 25.3 Å². The summed E-state index contributed by atoms with van der Waals surface area (Å²) in [4.78, 5) is 13.3. The van der Waals surface area contributed by atoms with E-state index in [-0.39, 0.29) is 12.0 Å². The Morgan fingerprint density at radius 2 is 2.11 bits per heavy atom. The smallest absolute Gasteiger partial charge is 0.308 e. The Balaban J connectivity index is 2.30. The first-order valence-corrected chi connectivity index (χ1v) is 6.39. The molecule has 0 saturated carbocycles. The van der Waals surface area contributed by atoms with Crippen LogP contribution in [0.3, 0.4) is 0 Å². The lowest BCUT2D eigenvalue weighted by molar-refractivity contribution is -0.141. The molecule has 2 N–H and O–H groups in total. The number of anilines is 1. The lowest BCUT2D eigenvalue weighted by Crippen LogP contribution is -2.42. The van der Waals surface area contributed by atoms with Gasteiger partial charge in [-0.25, -0.2) is 0 Å². The lowest BCUT2D eigenvalue weighted by atomic mass is 10.0. The predicted octanol–water partition coefficient (Wildman–Crippen LogP) is 1.71. The minimum Gasteiger partial charge on any atom is -0.481 e. The molecular weight excluding hydrogens is 228 g/mol. The fourth-order valence-corrected chi connectivity index (χ4v) is 2.38. The molecule has 0 spiro atoms. The number of carboxylic acid groups (broad SMARTS) is 1. The molecule has 0 radical (unpaired) electrons. The summed E-state index contributed by atoms with van der Waals surface area (Å²) in [5.74, 6) is -1.12. The number of hydrogen-bond donors (Lipinski definition) is 2. The van der Waals surface area contributed by atoms with Gasteiger partial charge in [0.1, 0.15) is 0 Å². The first-order chi connectivity index (χ1) is 8.61. The summed E-state index contributed by atoms with van der Waals surface area (Å²) in [6, 6.07) is 8.19. The van der Waals surface area contributed by atoms with Gasteiger partial charge in [0.05, 0.1) is 5.92 Å². The van der Waals surface area contributed by atoms with E-state index in [9.17, 15) is 4.79 Å². The number of benzene rings is 1. The van der Waals surface area contributed by atoms with Gasteiger partial charge in [-0.2, -0.15) is 0 Å². The third kappa shape index (κ3) is 2.48. The molecule has 0 aromatic heterocycles. The maximum Gasteiger partial charge on any atom is 0.308 e. The van der Waals surface area contributed by atoms with Gasteiger partial charge in [0.25, 0.3) is 0 Å². The maximum absolute atomic E-state index is 11.1. The molecule has 4 nitrogen and oxygen atoms in total. The molecule has 2 atom stereocenters. The Morgan fingerprint density at radius 3 is 2.83 bits per heavy atom. The zero-order valence-corrected chi connectivity index (χ0v) is 10.9. The van der Waals surface area contributed by atoms with Crippen molar-refractivity contribution >= 4 is 11.7 Å². The number of carbonyl (C=O) groups is 1. The van der Waals surface area contributed by atoms with Crippen LogP contribution in [0.4, 0.5) is 5.69 Å². The number of para-hydroxylation sites is 1. The second-order valence-electron chi connectivity index (χ2n) is 4.87. The SMILES string of the molecule is CC(C(=O)O)C(C)N1CCNCc2ccccc21. The van der Waals surface area contributed by atoms with E-state index < -0.39 is 5.97 Å². The molecule has 98 valence electrons. The van der Waals surface area contributed by atoms with Crippen LogP contribution in [-0.2, 0) is 11.3 Å². The average molecular weight is 248 g/mol. The molecule has 1 heterocycles. The van der Waals surface area contributed by atoms with Crippen molar-refractivity contribution in [3.8, 4) is 0 Å². The van der Waals surface area contributed by atoms with Gasteiger partial charge in [-0.3, -0.25) is 4.79 Å². The highest BCUT2D eigenvalue weighted by molar-refractivity contribution is 5.71. The number of nitrogens with one attached hydrogen (secondary N) is 1. The highest BCUT2D eigenvalue weighted by Crippen LogP contribution is 2.26. The van der Waals surface area contributed by atoms with Gasteiger partial charge in [0.15, 0.2) is 0 Å². The molecule has 1 aliphatic rings. The van der Waals surface area contributed by atoms with E-state index in [1.165, 1.54) is 5.56 Å². The quantitative estimate of drug-likeness (QED) is 0.855. The van der Waals surface area contributed by atoms with Gasteiger partial charge in [-0.1, -0.05) is 18.2 Å². The van der Waals surface area contributed by atoms with Crippen molar-refractivity contribution in [2.75, 3.05) is 18.0 Å². The molecule has 4 heteroatoms. The second kappa shape index (κ2) is 5.40. The molecule has 0 fully saturated rings. The van der Waals surface area contributed by atoms with E-state index in [2.05, 4.69) is 22.3 Å². The summed E-state index contributed by atoms with van der Waals surface area (Å²) in [5, 5.41) is 12.5. The van der Waals surface area contributed by atoms with Crippen molar-refractivity contribution in [2.24, 2.45) is 5.92 Å². The Hall–Kier alpha value is -1.55. The van der Waals surface area contributed by atoms with Gasteiger partial charge >= 0.3 is 5.97 Å². The zero-order valence-electron chi connectivity index (χ0n) is 10.9. The van der Waals surface area contributed by atoms with Crippen LogP contribution in [0.2, 0.25) is 0 Å². The van der Waals surface area contributed by atoms with Gasteiger partial charge in [-0.05, 0) is 25.5 Å². The Bertz CT molecular complexity index is 434. The van der Waals surface area contributed by atoms with E-state index in [0.29, 0.717) is 0 Å². The molecule has 1 aromatic carbocycles. The Kier molecular flexibility index (Phi) is 3.87. The molecule has 1 aromatic rings. The number of fused-ring (bicyclic) bond motifs is 1. The molecule has 0 bridgehead atoms. The van der Waals surface area contributed by atoms with Crippen molar-refractivity contribution < 1.29 is 9.90 Å². The molecule has 0 amide bonds. The second-order valence-corrected chi connectivity index (χ2v) is 4.87. The van der Waals surface area contributed by atoms with E-state index in [1.54, 1.807) is 6.92 Å². The normalized spacial score (nSPS) is 18.7. The van der Waals surface area contributed by atoms with Crippen LogP contribution >= 0.6 is 0 Å². The highest BCUT2D eigenvalue weighted by atomic mass is 16.4. The summed E-state index contributed by atoms with van der Waals surface area (Å²) in [5.41, 5.74) is 2.39. The largest absolute Gasteiger partial charge is 0.481 e. The monoisotopic (exact) mass is 248 g/mol. The number of rotatable bonds is 3. The number of nitrogens with zero attached hydrogens (tertiary/aromatic N) is 1. The summed E-state index contributed by atoms with van der Waals surface area (Å²) >= 11 is 0. The molecule has 2 unspecified atom stereocenters. The first kappa shape index (κ1) is 12.9. The molecule has 0 aliphatic carbocycles. The van der Waals surface area contributed by atoms with E-state index in [1.807, 2.05) is 19.1 Å². The highest BCUT2D eigenvalue weighted by Gasteiger charge is 2.27. The van der Waals surface area contributed by atoms with Gasteiger partial charge in [0, 0.05) is 31.4 Å². The van der Waals surface area contributed by atoms with Gasteiger partial charge < -0.3 is 15.3 Å². The standard InChI is InChI=1S/C14H20N2O2/c1-10(14(17)18)11(2)16-8-7-15-9-12-5-3-4-6-13(12)16/h3-6,10-11,15H,7-9H2,1-2H3,(H,17,18). The summed E-state index contributed by atoms with van der Waals surface area (Å²) in [7, 11) is 0. The van der Waals surface area contributed by atoms with Crippen molar-refractivity contribution in [2.45, 2.75) is 26.4 Å². The topological polar surface area (TPSA) is 52.6 Å². The summed E-state index contributed by atoms with van der Waals surface area (Å²) in [6.45, 7) is 6.33. The maximum atomic E-state index is 11.1. The van der Waals surface area contributed by atoms with Crippen LogP contribution in [-0.4, -0.2) is 30.2 Å². The first-order valence-electron chi connectivity index (χ1n) is 6.39. The minimum absolute atomic E-state index is 0.0106. The van der Waals surface area contributed by atoms with Crippen LogP contribution in [0.25, 0.3) is 0 Å². The molecule has 0 saturated heterocycles. The fourth-order valence-electron chi connectivity index (χ4n) is 2.38. The predicted molar refractivity (Wildman–Crippen MR) is 71.8 cm³/mol. The van der Waals surface area contributed by atoms with Crippen LogP contribution in [0, 0.1) is 5.92 Å². The molecule has 18 heavy (non-hydrogen) atoms. The zero-order chi connectivity index (χ0) is 13.1. The molecular formula is C14H20N2O2. The molecule has 1 aliphatic heterocycles. The van der Waals surface area contributed by atoms with Crippen LogP contribution < -0.4 is 10.2 Å². The van der Waals surface area contributed by atoms with Crippen LogP contribution in [0.15, 0.2) is 24.3 Å². The molecule has 2 rings (SSSR count). The van der Waals surface area contributed by atoms with Gasteiger partial charge in [-0.15, -0.1) is 0 Å². The number of carboxylic acids is 1. The van der Waals surface area contributed by atoms with E-state index in [4.69, 9.17) is 5.11 Å². The van der Waals surface area contributed by atoms with Crippen LogP contribution in [0.5, 0.6) is 0 Å². The van der Waals surface area contributed by atoms with Crippen molar-refractivity contribution in [1.29, 1.82) is 0 Å². The number of hydrogen-bond acceptors (Lipinski definition) is 3. The van der Waals surface area contributed by atoms with Crippen LogP contribution in [0.1, 0.15) is 19.4 Å². The van der Waals surface area contributed by atoms with Crippen molar-refractivity contribution in [3.05, 3.63) is 29.8 Å². The van der Waals surface area contributed by atoms with E-state index >= 15 is 0 Å². The van der Waals surface area contributed by atoms with Crippen molar-refractivity contribution in [3.63, 3.8) is 0 Å². The van der Waals surface area contributed by atoms with Crippen molar-refractivity contribution in [1.82, 2.24) is 5.32 Å². The third-order valence-electron chi connectivity index (χ3n) is 3.75. The Morgan fingerprint density at radius 1 is 1.39 bits per heavy atom. The fraction of sp³-hybridized carbons (Fsp3) is 0.500. The number of aliphatic carboxylic acids is 1. The lowest BCUT2D eigenvalue weighted by Gasteiger charge is -2.33. The summed E-state index contributed by atoms with van der Waals surface area (Å²) in [6.07, 6.45) is 0. The average Bonchev–Trinajstić information content (AvgIpc) is 2.59. The summed E-state index contributed by atoms with van der Waals surface area (Å²) < 4.78 is 0. The van der Waals surface area contributed by atoms with Gasteiger partial charge in [0.2, 0.25) is 0 Å². The minimum atomic E-state index is -0.739. The Labute approximate surface area is 108 Å².